The van der Waals surface area contributed by atoms with Crippen molar-refractivity contribution in [3.8, 4) is 22.9 Å². The first-order valence-electron chi connectivity index (χ1n) is 11.7. The van der Waals surface area contributed by atoms with Crippen LogP contribution in [0.15, 0.2) is 108 Å². The van der Waals surface area contributed by atoms with Gasteiger partial charge >= 0.3 is 0 Å². The standard InChI is InChI=1S/C31H24N2O/c1-2-21-14-16-22(17-15-21)20-24-18-19-29(27-12-6-5-11-26(24)27)31-33-32-30(34-31)28-13-7-9-23-8-3-4-10-25(23)28/h3-19H,2,20H2,1H3. The molecule has 0 aliphatic rings. The summed E-state index contributed by atoms with van der Waals surface area (Å²) in [5.41, 5.74) is 5.87. The Morgan fingerprint density at radius 2 is 1.18 bits per heavy atom. The van der Waals surface area contributed by atoms with Gasteiger partial charge < -0.3 is 4.42 Å². The van der Waals surface area contributed by atoms with Gasteiger partial charge in [-0.3, -0.25) is 0 Å². The van der Waals surface area contributed by atoms with Crippen LogP contribution in [0.25, 0.3) is 44.5 Å². The topological polar surface area (TPSA) is 38.9 Å². The second kappa shape index (κ2) is 8.60. The van der Waals surface area contributed by atoms with Crippen molar-refractivity contribution < 1.29 is 4.42 Å². The van der Waals surface area contributed by atoms with E-state index in [0.717, 1.165) is 40.1 Å². The maximum Gasteiger partial charge on any atom is 0.248 e. The number of fused-ring (bicyclic) bond motifs is 2. The van der Waals surface area contributed by atoms with E-state index in [1.807, 2.05) is 24.3 Å². The first kappa shape index (κ1) is 20.4. The van der Waals surface area contributed by atoms with E-state index < -0.39 is 0 Å². The van der Waals surface area contributed by atoms with Gasteiger partial charge in [0.15, 0.2) is 0 Å². The quantitative estimate of drug-likeness (QED) is 0.274. The molecule has 0 bridgehead atoms. The minimum absolute atomic E-state index is 0.538. The van der Waals surface area contributed by atoms with Gasteiger partial charge in [-0.15, -0.1) is 10.2 Å². The summed E-state index contributed by atoms with van der Waals surface area (Å²) in [5.74, 6) is 1.08. The van der Waals surface area contributed by atoms with Crippen molar-refractivity contribution >= 4 is 21.5 Å². The molecule has 0 saturated carbocycles. The summed E-state index contributed by atoms with van der Waals surface area (Å²) in [4.78, 5) is 0. The Labute approximate surface area is 198 Å². The van der Waals surface area contributed by atoms with Crippen molar-refractivity contribution in [2.24, 2.45) is 0 Å². The van der Waals surface area contributed by atoms with Gasteiger partial charge in [0, 0.05) is 11.1 Å². The molecule has 5 aromatic carbocycles. The van der Waals surface area contributed by atoms with Gasteiger partial charge in [0.05, 0.1) is 0 Å². The Balaban J connectivity index is 1.40. The van der Waals surface area contributed by atoms with Crippen LogP contribution in [0.4, 0.5) is 0 Å². The van der Waals surface area contributed by atoms with Crippen molar-refractivity contribution in [1.29, 1.82) is 0 Å². The zero-order chi connectivity index (χ0) is 22.9. The van der Waals surface area contributed by atoms with Crippen LogP contribution in [0, 0.1) is 0 Å². The van der Waals surface area contributed by atoms with Crippen LogP contribution in [-0.4, -0.2) is 10.2 Å². The molecule has 34 heavy (non-hydrogen) atoms. The van der Waals surface area contributed by atoms with Crippen LogP contribution in [0.2, 0.25) is 0 Å². The Kier molecular flexibility index (Phi) is 5.15. The Hall–Kier alpha value is -4.24. The molecule has 3 heteroatoms. The van der Waals surface area contributed by atoms with E-state index in [2.05, 4.69) is 96.0 Å². The lowest BCUT2D eigenvalue weighted by molar-refractivity contribution is 0.586. The number of aryl methyl sites for hydroxylation is 1. The maximum atomic E-state index is 6.23. The molecule has 0 aliphatic heterocycles. The zero-order valence-electron chi connectivity index (χ0n) is 19.0. The molecular formula is C31H24N2O. The van der Waals surface area contributed by atoms with Gasteiger partial charge in [0.2, 0.25) is 11.8 Å². The van der Waals surface area contributed by atoms with Crippen molar-refractivity contribution in [3.63, 3.8) is 0 Å². The monoisotopic (exact) mass is 440 g/mol. The second-order valence-corrected chi connectivity index (χ2v) is 8.60. The fourth-order valence-corrected chi connectivity index (χ4v) is 4.67. The van der Waals surface area contributed by atoms with Crippen LogP contribution in [0.1, 0.15) is 23.6 Å². The third-order valence-corrected chi connectivity index (χ3v) is 6.52. The first-order valence-corrected chi connectivity index (χ1v) is 11.7. The van der Waals surface area contributed by atoms with Gasteiger partial charge in [-0.2, -0.15) is 0 Å². The molecule has 0 saturated heterocycles. The van der Waals surface area contributed by atoms with E-state index in [1.165, 1.54) is 22.1 Å². The van der Waals surface area contributed by atoms with Gasteiger partial charge in [-0.05, 0) is 63.2 Å². The van der Waals surface area contributed by atoms with E-state index in [4.69, 9.17) is 4.42 Å². The predicted octanol–water partition coefficient (Wildman–Crippen LogP) is 7.86. The van der Waals surface area contributed by atoms with Crippen LogP contribution in [-0.2, 0) is 12.8 Å². The van der Waals surface area contributed by atoms with E-state index in [1.54, 1.807) is 0 Å². The molecule has 3 nitrogen and oxygen atoms in total. The van der Waals surface area contributed by atoms with Gasteiger partial charge in [-0.25, -0.2) is 0 Å². The summed E-state index contributed by atoms with van der Waals surface area (Å²) in [6.45, 7) is 2.18. The molecule has 0 spiro atoms. The van der Waals surface area contributed by atoms with Gasteiger partial charge in [0.25, 0.3) is 0 Å². The lowest BCUT2D eigenvalue weighted by Crippen LogP contribution is -1.92. The largest absolute Gasteiger partial charge is 0.416 e. The number of rotatable bonds is 5. The molecule has 0 unspecified atom stereocenters. The average molecular weight is 441 g/mol. The Morgan fingerprint density at radius 1 is 0.559 bits per heavy atom. The molecule has 6 aromatic rings. The summed E-state index contributed by atoms with van der Waals surface area (Å²) in [6.07, 6.45) is 1.94. The lowest BCUT2D eigenvalue weighted by Gasteiger charge is -2.10. The van der Waals surface area contributed by atoms with E-state index in [0.29, 0.717) is 11.8 Å². The molecule has 0 radical (unpaired) electrons. The third-order valence-electron chi connectivity index (χ3n) is 6.52. The second-order valence-electron chi connectivity index (χ2n) is 8.60. The van der Waals surface area contributed by atoms with E-state index >= 15 is 0 Å². The van der Waals surface area contributed by atoms with Gasteiger partial charge in [-0.1, -0.05) is 97.9 Å². The zero-order valence-corrected chi connectivity index (χ0v) is 19.0. The molecule has 0 aliphatic carbocycles. The molecule has 0 N–H and O–H groups in total. The minimum atomic E-state index is 0.538. The molecule has 0 atom stereocenters. The highest BCUT2D eigenvalue weighted by Gasteiger charge is 2.16. The molecule has 0 fully saturated rings. The summed E-state index contributed by atoms with van der Waals surface area (Å²) in [6, 6.07) is 36.1. The SMILES string of the molecule is CCc1ccc(Cc2ccc(-c3nnc(-c4cccc5ccccc45)o3)c3ccccc23)cc1. The molecule has 1 heterocycles. The third kappa shape index (κ3) is 3.65. The Morgan fingerprint density at radius 3 is 1.94 bits per heavy atom. The smallest absolute Gasteiger partial charge is 0.248 e. The van der Waals surface area contributed by atoms with E-state index in [-0.39, 0.29) is 0 Å². The predicted molar refractivity (Wildman–Crippen MR) is 139 cm³/mol. The summed E-state index contributed by atoms with van der Waals surface area (Å²) in [5, 5.41) is 13.4. The summed E-state index contributed by atoms with van der Waals surface area (Å²) in [7, 11) is 0. The number of hydrogen-bond acceptors (Lipinski definition) is 3. The van der Waals surface area contributed by atoms with Crippen molar-refractivity contribution in [2.75, 3.05) is 0 Å². The molecule has 0 amide bonds. The number of hydrogen-bond donors (Lipinski definition) is 0. The summed E-state index contributed by atoms with van der Waals surface area (Å²) >= 11 is 0. The highest BCUT2D eigenvalue weighted by Crippen LogP contribution is 2.34. The van der Waals surface area contributed by atoms with Crippen LogP contribution in [0.3, 0.4) is 0 Å². The lowest BCUT2D eigenvalue weighted by atomic mass is 9.95. The van der Waals surface area contributed by atoms with Crippen LogP contribution >= 0.6 is 0 Å². The number of nitrogens with zero attached hydrogens (tertiary/aromatic N) is 2. The first-order chi connectivity index (χ1) is 16.8. The number of benzene rings is 5. The van der Waals surface area contributed by atoms with Crippen molar-refractivity contribution in [2.45, 2.75) is 19.8 Å². The average Bonchev–Trinajstić information content (AvgIpc) is 3.39. The van der Waals surface area contributed by atoms with Crippen molar-refractivity contribution in [3.05, 3.63) is 120 Å². The van der Waals surface area contributed by atoms with Gasteiger partial charge in [0.1, 0.15) is 0 Å². The summed E-state index contributed by atoms with van der Waals surface area (Å²) < 4.78 is 6.23. The number of aromatic nitrogens is 2. The molecule has 164 valence electrons. The van der Waals surface area contributed by atoms with Crippen LogP contribution in [0.5, 0.6) is 0 Å². The van der Waals surface area contributed by atoms with Crippen molar-refractivity contribution in [1.82, 2.24) is 10.2 Å². The Bertz CT molecular complexity index is 1610. The van der Waals surface area contributed by atoms with Crippen LogP contribution < -0.4 is 0 Å². The fourth-order valence-electron chi connectivity index (χ4n) is 4.67. The normalized spacial score (nSPS) is 11.3. The molecule has 1 aromatic heterocycles. The highest BCUT2D eigenvalue weighted by molar-refractivity contribution is 5.98. The minimum Gasteiger partial charge on any atom is -0.416 e. The molecule has 6 rings (SSSR count). The van der Waals surface area contributed by atoms with E-state index in [9.17, 15) is 0 Å². The fraction of sp³-hybridized carbons (Fsp3) is 0.0968. The molecular weight excluding hydrogens is 416 g/mol. The highest BCUT2D eigenvalue weighted by atomic mass is 16.4. The maximum absolute atomic E-state index is 6.23.